The zero-order chi connectivity index (χ0) is 14.8. The highest BCUT2D eigenvalue weighted by molar-refractivity contribution is 5.79. The highest BCUT2D eigenvalue weighted by Crippen LogP contribution is 2.29. The summed E-state index contributed by atoms with van der Waals surface area (Å²) >= 11 is 0. The van der Waals surface area contributed by atoms with Crippen LogP contribution in [-0.4, -0.2) is 36.5 Å². The maximum atomic E-state index is 12.6. The molecule has 1 aromatic rings. The molecule has 1 amide bonds. The van der Waals surface area contributed by atoms with E-state index in [1.165, 1.54) is 11.1 Å². The van der Waals surface area contributed by atoms with Gasteiger partial charge in [-0.3, -0.25) is 4.79 Å². The summed E-state index contributed by atoms with van der Waals surface area (Å²) in [4.78, 5) is 14.6. The van der Waals surface area contributed by atoms with Crippen LogP contribution >= 0.6 is 0 Å². The standard InChI is InChI=1S/C17H24N2O2/c1-12-4-2-3-5-15(12)16-11-19(8-9-21-16)17(20)13-6-7-14(18)10-13/h2-5,13-14,16H,6-11,18H2,1H3/t13-,14-,16+/m1/s1. The summed E-state index contributed by atoms with van der Waals surface area (Å²) in [6.07, 6.45) is 2.75. The van der Waals surface area contributed by atoms with E-state index in [9.17, 15) is 4.79 Å². The number of carbonyl (C=O) groups is 1. The summed E-state index contributed by atoms with van der Waals surface area (Å²) in [6, 6.07) is 8.45. The number of morpholine rings is 1. The first-order valence-electron chi connectivity index (χ1n) is 7.86. The Balaban J connectivity index is 1.68. The van der Waals surface area contributed by atoms with E-state index in [2.05, 4.69) is 19.1 Å². The summed E-state index contributed by atoms with van der Waals surface area (Å²) in [5.74, 6) is 0.389. The number of amides is 1. The monoisotopic (exact) mass is 288 g/mol. The van der Waals surface area contributed by atoms with E-state index in [0.29, 0.717) is 19.7 Å². The molecule has 0 aromatic heterocycles. The van der Waals surface area contributed by atoms with Gasteiger partial charge in [0.25, 0.3) is 0 Å². The van der Waals surface area contributed by atoms with Crippen LogP contribution in [0.1, 0.15) is 36.5 Å². The van der Waals surface area contributed by atoms with Crippen molar-refractivity contribution in [2.24, 2.45) is 11.7 Å². The van der Waals surface area contributed by atoms with Gasteiger partial charge in [0, 0.05) is 18.5 Å². The molecule has 1 saturated carbocycles. The van der Waals surface area contributed by atoms with Crippen LogP contribution in [0.25, 0.3) is 0 Å². The molecular weight excluding hydrogens is 264 g/mol. The minimum absolute atomic E-state index is 0.000948. The average molecular weight is 288 g/mol. The van der Waals surface area contributed by atoms with Crippen molar-refractivity contribution in [2.45, 2.75) is 38.3 Å². The largest absolute Gasteiger partial charge is 0.370 e. The van der Waals surface area contributed by atoms with Crippen molar-refractivity contribution in [2.75, 3.05) is 19.7 Å². The lowest BCUT2D eigenvalue weighted by molar-refractivity contribution is -0.143. The van der Waals surface area contributed by atoms with Gasteiger partial charge in [0.05, 0.1) is 13.2 Å². The molecule has 2 N–H and O–H groups in total. The van der Waals surface area contributed by atoms with Gasteiger partial charge in [-0.15, -0.1) is 0 Å². The Kier molecular flexibility index (Phi) is 4.27. The third-order valence-corrected chi connectivity index (χ3v) is 4.74. The van der Waals surface area contributed by atoms with Gasteiger partial charge in [0.2, 0.25) is 5.91 Å². The van der Waals surface area contributed by atoms with Crippen molar-refractivity contribution in [3.05, 3.63) is 35.4 Å². The number of rotatable bonds is 2. The molecule has 2 fully saturated rings. The fourth-order valence-electron chi connectivity index (χ4n) is 3.48. The number of ether oxygens (including phenoxy) is 1. The van der Waals surface area contributed by atoms with Gasteiger partial charge in [-0.25, -0.2) is 0 Å². The fourth-order valence-corrected chi connectivity index (χ4v) is 3.48. The second-order valence-corrected chi connectivity index (χ2v) is 6.27. The lowest BCUT2D eigenvalue weighted by atomic mass is 10.0. The minimum atomic E-state index is -0.000948. The van der Waals surface area contributed by atoms with Gasteiger partial charge < -0.3 is 15.4 Å². The molecule has 114 valence electrons. The topological polar surface area (TPSA) is 55.6 Å². The quantitative estimate of drug-likeness (QED) is 0.906. The SMILES string of the molecule is Cc1ccccc1[C@@H]1CN(C(=O)[C@@H]2CC[C@@H](N)C2)CCO1. The molecule has 3 atom stereocenters. The first-order chi connectivity index (χ1) is 10.1. The van der Waals surface area contributed by atoms with Crippen molar-refractivity contribution < 1.29 is 9.53 Å². The molecule has 4 heteroatoms. The van der Waals surface area contributed by atoms with E-state index in [1.807, 2.05) is 17.0 Å². The second-order valence-electron chi connectivity index (χ2n) is 6.27. The average Bonchev–Trinajstić information content (AvgIpc) is 2.94. The molecule has 3 rings (SSSR count). The van der Waals surface area contributed by atoms with E-state index in [0.717, 1.165) is 19.3 Å². The highest BCUT2D eigenvalue weighted by atomic mass is 16.5. The summed E-state index contributed by atoms with van der Waals surface area (Å²) in [7, 11) is 0. The van der Waals surface area contributed by atoms with E-state index in [1.54, 1.807) is 0 Å². The van der Waals surface area contributed by atoms with Crippen LogP contribution in [0.2, 0.25) is 0 Å². The third kappa shape index (κ3) is 3.11. The predicted octanol–water partition coefficient (Wildman–Crippen LogP) is 2.02. The Morgan fingerprint density at radius 2 is 2.14 bits per heavy atom. The summed E-state index contributed by atoms with van der Waals surface area (Å²) in [5.41, 5.74) is 8.35. The van der Waals surface area contributed by atoms with E-state index in [-0.39, 0.29) is 24.0 Å². The van der Waals surface area contributed by atoms with Crippen LogP contribution in [0.3, 0.4) is 0 Å². The third-order valence-electron chi connectivity index (χ3n) is 4.74. The Labute approximate surface area is 126 Å². The molecule has 1 saturated heterocycles. The van der Waals surface area contributed by atoms with Crippen molar-refractivity contribution in [1.82, 2.24) is 4.90 Å². The number of aryl methyl sites for hydroxylation is 1. The molecular formula is C17H24N2O2. The minimum Gasteiger partial charge on any atom is -0.370 e. The van der Waals surface area contributed by atoms with Crippen LogP contribution < -0.4 is 5.73 Å². The molecule has 2 aliphatic rings. The number of hydrogen-bond donors (Lipinski definition) is 1. The van der Waals surface area contributed by atoms with Gasteiger partial charge in [-0.1, -0.05) is 24.3 Å². The fraction of sp³-hybridized carbons (Fsp3) is 0.588. The van der Waals surface area contributed by atoms with Crippen molar-refractivity contribution in [3.63, 3.8) is 0 Å². The molecule has 0 bridgehead atoms. The lowest BCUT2D eigenvalue weighted by Crippen LogP contribution is -2.44. The van der Waals surface area contributed by atoms with E-state index in [4.69, 9.17) is 10.5 Å². The zero-order valence-electron chi connectivity index (χ0n) is 12.6. The first kappa shape index (κ1) is 14.5. The number of benzene rings is 1. The van der Waals surface area contributed by atoms with Crippen LogP contribution in [0, 0.1) is 12.8 Å². The highest BCUT2D eigenvalue weighted by Gasteiger charge is 2.34. The molecule has 0 spiro atoms. The number of carbonyl (C=O) groups excluding carboxylic acids is 1. The molecule has 1 aliphatic heterocycles. The Bertz CT molecular complexity index is 517. The molecule has 0 radical (unpaired) electrons. The maximum absolute atomic E-state index is 12.6. The first-order valence-corrected chi connectivity index (χ1v) is 7.86. The molecule has 1 aliphatic carbocycles. The van der Waals surface area contributed by atoms with Gasteiger partial charge in [0.1, 0.15) is 6.10 Å². The van der Waals surface area contributed by atoms with E-state index >= 15 is 0 Å². The summed E-state index contributed by atoms with van der Waals surface area (Å²) in [6.45, 7) is 4.07. The predicted molar refractivity (Wildman–Crippen MR) is 81.8 cm³/mol. The Morgan fingerprint density at radius 3 is 2.86 bits per heavy atom. The van der Waals surface area contributed by atoms with Gasteiger partial charge in [-0.05, 0) is 37.3 Å². The normalized spacial score (nSPS) is 29.6. The second kappa shape index (κ2) is 6.16. The summed E-state index contributed by atoms with van der Waals surface area (Å²) < 4.78 is 5.89. The van der Waals surface area contributed by atoms with Crippen molar-refractivity contribution in [3.8, 4) is 0 Å². The van der Waals surface area contributed by atoms with Crippen molar-refractivity contribution in [1.29, 1.82) is 0 Å². The molecule has 1 aromatic carbocycles. The van der Waals surface area contributed by atoms with Gasteiger partial charge in [0.15, 0.2) is 0 Å². The maximum Gasteiger partial charge on any atom is 0.225 e. The van der Waals surface area contributed by atoms with Gasteiger partial charge in [-0.2, -0.15) is 0 Å². The van der Waals surface area contributed by atoms with E-state index < -0.39 is 0 Å². The molecule has 21 heavy (non-hydrogen) atoms. The summed E-state index contributed by atoms with van der Waals surface area (Å²) in [5, 5.41) is 0. The Morgan fingerprint density at radius 1 is 1.33 bits per heavy atom. The number of hydrogen-bond acceptors (Lipinski definition) is 3. The van der Waals surface area contributed by atoms with Crippen LogP contribution in [0.4, 0.5) is 0 Å². The molecule has 0 unspecified atom stereocenters. The number of nitrogens with two attached hydrogens (primary N) is 1. The van der Waals surface area contributed by atoms with Gasteiger partial charge >= 0.3 is 0 Å². The number of nitrogens with zero attached hydrogens (tertiary/aromatic N) is 1. The van der Waals surface area contributed by atoms with Crippen LogP contribution in [0.15, 0.2) is 24.3 Å². The van der Waals surface area contributed by atoms with Crippen molar-refractivity contribution >= 4 is 5.91 Å². The molecule has 1 heterocycles. The zero-order valence-corrected chi connectivity index (χ0v) is 12.6. The lowest BCUT2D eigenvalue weighted by Gasteiger charge is -2.35. The van der Waals surface area contributed by atoms with Crippen LogP contribution in [-0.2, 0) is 9.53 Å². The van der Waals surface area contributed by atoms with Crippen LogP contribution in [0.5, 0.6) is 0 Å². The smallest absolute Gasteiger partial charge is 0.225 e. The molecule has 4 nitrogen and oxygen atoms in total. The Hall–Kier alpha value is -1.39.